The Morgan fingerprint density at radius 1 is 0.969 bits per heavy atom. The topological polar surface area (TPSA) is 99.6 Å². The maximum Gasteiger partial charge on any atom is 0.258 e. The Hall–Kier alpha value is -4.01. The molecule has 8 nitrogen and oxygen atoms in total. The number of hydrogen-bond acceptors (Lipinski definition) is 7. The van der Waals surface area contributed by atoms with Gasteiger partial charge in [0.05, 0.1) is 19.3 Å². The summed E-state index contributed by atoms with van der Waals surface area (Å²) in [6, 6.07) is 14.0. The first-order valence-corrected chi connectivity index (χ1v) is 9.77. The summed E-state index contributed by atoms with van der Waals surface area (Å²) in [5.41, 5.74) is 1.82. The lowest BCUT2D eigenvalue weighted by atomic mass is 10.1. The molecule has 0 saturated carbocycles. The molecule has 9 heteroatoms. The molecule has 0 aliphatic rings. The molecule has 166 valence electrons. The van der Waals surface area contributed by atoms with Crippen molar-refractivity contribution in [2.24, 2.45) is 0 Å². The van der Waals surface area contributed by atoms with Crippen molar-refractivity contribution in [3.05, 3.63) is 66.0 Å². The second kappa shape index (κ2) is 10.9. The van der Waals surface area contributed by atoms with E-state index in [0.717, 1.165) is 5.56 Å². The lowest BCUT2D eigenvalue weighted by Gasteiger charge is -2.12. The highest BCUT2D eigenvalue weighted by Crippen LogP contribution is 2.28. The van der Waals surface area contributed by atoms with Crippen LogP contribution in [0.1, 0.15) is 17.3 Å². The molecule has 0 aliphatic heterocycles. The van der Waals surface area contributed by atoms with Crippen molar-refractivity contribution in [1.82, 2.24) is 15.5 Å². The number of ether oxygens (including phenoxy) is 3. The van der Waals surface area contributed by atoms with Gasteiger partial charge in [-0.25, -0.2) is 4.39 Å². The van der Waals surface area contributed by atoms with Gasteiger partial charge < -0.3 is 19.5 Å². The number of nitrogens with zero attached hydrogens (tertiary/aromatic N) is 2. The molecule has 0 radical (unpaired) electrons. The first-order valence-electron chi connectivity index (χ1n) is 9.77. The van der Waals surface area contributed by atoms with Crippen LogP contribution in [-0.4, -0.2) is 48.8 Å². The van der Waals surface area contributed by atoms with Crippen LogP contribution >= 0.6 is 0 Å². The molecule has 3 rings (SSSR count). The van der Waals surface area contributed by atoms with Crippen LogP contribution in [0, 0.1) is 5.82 Å². The molecule has 0 aliphatic carbocycles. The molecule has 1 heterocycles. The Kier molecular flexibility index (Phi) is 7.69. The van der Waals surface area contributed by atoms with Gasteiger partial charge in [0.25, 0.3) is 5.91 Å². The summed E-state index contributed by atoms with van der Waals surface area (Å²) in [6.07, 6.45) is 0. The predicted octanol–water partition coefficient (Wildman–Crippen LogP) is 3.07. The highest BCUT2D eigenvalue weighted by atomic mass is 19.1. The number of ketones is 1. The molecule has 0 spiro atoms. The zero-order chi connectivity index (χ0) is 22.9. The number of rotatable bonds is 10. The van der Waals surface area contributed by atoms with Crippen molar-refractivity contribution in [3.63, 3.8) is 0 Å². The van der Waals surface area contributed by atoms with Crippen LogP contribution in [-0.2, 0) is 4.79 Å². The molecule has 0 atom stereocenters. The number of aromatic nitrogens is 2. The van der Waals surface area contributed by atoms with Gasteiger partial charge in [0.2, 0.25) is 5.88 Å². The van der Waals surface area contributed by atoms with Crippen LogP contribution in [0.4, 0.5) is 4.39 Å². The highest BCUT2D eigenvalue weighted by molar-refractivity contribution is 5.94. The van der Waals surface area contributed by atoms with E-state index >= 15 is 0 Å². The van der Waals surface area contributed by atoms with Gasteiger partial charge in [-0.15, -0.1) is 10.2 Å². The minimum Gasteiger partial charge on any atom is -0.493 e. The van der Waals surface area contributed by atoms with E-state index in [9.17, 15) is 14.0 Å². The first-order chi connectivity index (χ1) is 15.5. The quantitative estimate of drug-likeness (QED) is 0.383. The SMILES string of the molecule is COc1cc(C(C)=O)ccc1OCC(=O)NCCOc1ccc(-c2ccc(F)cc2)nn1. The number of benzene rings is 2. The Morgan fingerprint density at radius 3 is 2.41 bits per heavy atom. The van der Waals surface area contributed by atoms with Gasteiger partial charge in [-0.3, -0.25) is 9.59 Å². The second-order valence-corrected chi connectivity index (χ2v) is 6.67. The van der Waals surface area contributed by atoms with E-state index < -0.39 is 0 Å². The molecule has 32 heavy (non-hydrogen) atoms. The van der Waals surface area contributed by atoms with Gasteiger partial charge in [0.1, 0.15) is 12.4 Å². The van der Waals surface area contributed by atoms with Crippen LogP contribution in [0.3, 0.4) is 0 Å². The van der Waals surface area contributed by atoms with Crippen LogP contribution in [0.2, 0.25) is 0 Å². The van der Waals surface area contributed by atoms with E-state index in [0.29, 0.717) is 28.6 Å². The standard InChI is InChI=1S/C23H22FN3O5/c1-15(28)17-5-9-20(21(13-17)30-2)32-14-22(29)25-11-12-31-23-10-8-19(26-27-23)16-3-6-18(24)7-4-16/h3-10,13H,11-12,14H2,1-2H3,(H,25,29). The Morgan fingerprint density at radius 2 is 1.75 bits per heavy atom. The molecule has 0 unspecified atom stereocenters. The lowest BCUT2D eigenvalue weighted by Crippen LogP contribution is -2.32. The highest BCUT2D eigenvalue weighted by Gasteiger charge is 2.10. The third kappa shape index (κ3) is 6.24. The number of nitrogens with one attached hydrogen (secondary N) is 1. The van der Waals surface area contributed by atoms with Crippen LogP contribution in [0.25, 0.3) is 11.3 Å². The summed E-state index contributed by atoms with van der Waals surface area (Å²) >= 11 is 0. The zero-order valence-corrected chi connectivity index (χ0v) is 17.6. The van der Waals surface area contributed by atoms with Gasteiger partial charge in [-0.2, -0.15) is 0 Å². The van der Waals surface area contributed by atoms with E-state index in [1.54, 1.807) is 42.5 Å². The van der Waals surface area contributed by atoms with Crippen molar-refractivity contribution in [2.75, 3.05) is 26.9 Å². The summed E-state index contributed by atoms with van der Waals surface area (Å²) in [6.45, 7) is 1.66. The number of carbonyl (C=O) groups is 2. The third-order valence-electron chi connectivity index (χ3n) is 4.38. The number of carbonyl (C=O) groups excluding carboxylic acids is 2. The summed E-state index contributed by atoms with van der Waals surface area (Å²) in [5, 5.41) is 10.7. The van der Waals surface area contributed by atoms with Gasteiger partial charge in [-0.1, -0.05) is 0 Å². The predicted molar refractivity (Wildman–Crippen MR) is 114 cm³/mol. The maximum atomic E-state index is 13.0. The van der Waals surface area contributed by atoms with Crippen LogP contribution in [0.5, 0.6) is 17.4 Å². The number of halogens is 1. The zero-order valence-electron chi connectivity index (χ0n) is 17.6. The molecule has 1 aromatic heterocycles. The van der Waals surface area contributed by atoms with Crippen molar-refractivity contribution >= 4 is 11.7 Å². The van der Waals surface area contributed by atoms with Gasteiger partial charge in [0, 0.05) is 17.2 Å². The van der Waals surface area contributed by atoms with Crippen molar-refractivity contribution in [2.45, 2.75) is 6.92 Å². The fourth-order valence-corrected chi connectivity index (χ4v) is 2.72. The molecule has 1 amide bonds. The normalized spacial score (nSPS) is 10.3. The van der Waals surface area contributed by atoms with Gasteiger partial charge in [0.15, 0.2) is 23.9 Å². The number of methoxy groups -OCH3 is 1. The summed E-state index contributed by atoms with van der Waals surface area (Å²) in [7, 11) is 1.46. The van der Waals surface area contributed by atoms with Crippen LogP contribution in [0.15, 0.2) is 54.6 Å². The molecule has 3 aromatic rings. The molecular formula is C23H22FN3O5. The average molecular weight is 439 g/mol. The third-order valence-corrected chi connectivity index (χ3v) is 4.38. The van der Waals surface area contributed by atoms with Crippen molar-refractivity contribution < 1.29 is 28.2 Å². The van der Waals surface area contributed by atoms with E-state index in [2.05, 4.69) is 15.5 Å². The maximum absolute atomic E-state index is 13.0. The molecule has 1 N–H and O–H groups in total. The molecule has 0 saturated heterocycles. The first kappa shape index (κ1) is 22.7. The summed E-state index contributed by atoms with van der Waals surface area (Å²) in [5.74, 6) is 0.277. The number of hydrogen-bond donors (Lipinski definition) is 1. The average Bonchev–Trinajstić information content (AvgIpc) is 2.81. The van der Waals surface area contributed by atoms with Gasteiger partial charge >= 0.3 is 0 Å². The fourth-order valence-electron chi connectivity index (χ4n) is 2.72. The largest absolute Gasteiger partial charge is 0.493 e. The minimum atomic E-state index is -0.343. The molecular weight excluding hydrogens is 417 g/mol. The second-order valence-electron chi connectivity index (χ2n) is 6.67. The molecule has 0 fully saturated rings. The summed E-state index contributed by atoms with van der Waals surface area (Å²) in [4.78, 5) is 23.4. The lowest BCUT2D eigenvalue weighted by molar-refractivity contribution is -0.123. The Bertz CT molecular complexity index is 1070. The number of Topliss-reactive ketones (excluding diaryl/α,β-unsaturated/α-hetero) is 1. The molecule has 2 aromatic carbocycles. The monoisotopic (exact) mass is 439 g/mol. The van der Waals surface area contributed by atoms with Crippen molar-refractivity contribution in [3.8, 4) is 28.6 Å². The summed E-state index contributed by atoms with van der Waals surface area (Å²) < 4.78 is 29.1. The van der Waals surface area contributed by atoms with E-state index in [4.69, 9.17) is 14.2 Å². The minimum absolute atomic E-state index is 0.0950. The van der Waals surface area contributed by atoms with E-state index in [1.165, 1.54) is 26.2 Å². The van der Waals surface area contributed by atoms with Crippen LogP contribution < -0.4 is 19.5 Å². The van der Waals surface area contributed by atoms with Gasteiger partial charge in [-0.05, 0) is 55.5 Å². The smallest absolute Gasteiger partial charge is 0.258 e. The molecule has 0 bridgehead atoms. The number of amides is 1. The fraction of sp³-hybridized carbons (Fsp3) is 0.217. The van der Waals surface area contributed by atoms with E-state index in [1.807, 2.05) is 0 Å². The van der Waals surface area contributed by atoms with Crippen molar-refractivity contribution in [1.29, 1.82) is 0 Å². The Labute approximate surface area is 184 Å². The Balaban J connectivity index is 1.41. The van der Waals surface area contributed by atoms with E-state index in [-0.39, 0.29) is 37.3 Å².